The van der Waals surface area contributed by atoms with E-state index in [1.165, 1.54) is 16.5 Å². The predicted octanol–water partition coefficient (Wildman–Crippen LogP) is 1.33. The van der Waals surface area contributed by atoms with Crippen molar-refractivity contribution >= 4 is 10.9 Å². The van der Waals surface area contributed by atoms with Crippen molar-refractivity contribution in [1.29, 1.82) is 0 Å². The highest BCUT2D eigenvalue weighted by Crippen LogP contribution is 2.20. The standard InChI is InChI=1S/C21H32N4O2/c1-26-15-19-16-27-11-10-25(19)9-8-24-7-6-22-18(14-24)12-17-13-23-21-5-3-2-4-20(17)21/h2-5,13,18-19,22-23H,6-12,14-16H2,1H3/t18?,19-/m1/s1. The minimum absolute atomic E-state index is 0.397. The van der Waals surface area contributed by atoms with Crippen LogP contribution in [0.1, 0.15) is 5.56 Å². The van der Waals surface area contributed by atoms with E-state index in [1.807, 2.05) is 0 Å². The zero-order chi connectivity index (χ0) is 18.5. The van der Waals surface area contributed by atoms with Crippen molar-refractivity contribution in [2.45, 2.75) is 18.5 Å². The van der Waals surface area contributed by atoms with Gasteiger partial charge >= 0.3 is 0 Å². The molecule has 1 unspecified atom stereocenters. The van der Waals surface area contributed by atoms with Crippen molar-refractivity contribution in [3.05, 3.63) is 36.0 Å². The van der Waals surface area contributed by atoms with Crippen molar-refractivity contribution in [3.8, 4) is 0 Å². The highest BCUT2D eigenvalue weighted by molar-refractivity contribution is 5.83. The second-order valence-electron chi connectivity index (χ2n) is 7.74. The van der Waals surface area contributed by atoms with Crippen molar-refractivity contribution < 1.29 is 9.47 Å². The molecule has 4 rings (SSSR count). The maximum Gasteiger partial charge on any atom is 0.0644 e. The first kappa shape index (κ1) is 18.9. The third kappa shape index (κ3) is 4.70. The molecule has 6 nitrogen and oxygen atoms in total. The van der Waals surface area contributed by atoms with E-state index in [0.29, 0.717) is 12.1 Å². The second kappa shape index (κ2) is 9.17. The number of piperazine rings is 1. The number of aromatic nitrogens is 1. The van der Waals surface area contributed by atoms with Crippen molar-refractivity contribution in [3.63, 3.8) is 0 Å². The third-order valence-electron chi connectivity index (χ3n) is 5.89. The Labute approximate surface area is 161 Å². The van der Waals surface area contributed by atoms with E-state index in [1.54, 1.807) is 7.11 Å². The van der Waals surface area contributed by atoms with Crippen molar-refractivity contribution in [1.82, 2.24) is 20.1 Å². The number of hydrogen-bond donors (Lipinski definition) is 2. The zero-order valence-corrected chi connectivity index (χ0v) is 16.3. The zero-order valence-electron chi connectivity index (χ0n) is 16.3. The molecule has 1 aromatic carbocycles. The molecule has 0 saturated carbocycles. The number of methoxy groups -OCH3 is 1. The third-order valence-corrected chi connectivity index (χ3v) is 5.89. The van der Waals surface area contributed by atoms with Crippen LogP contribution in [0, 0.1) is 0 Å². The van der Waals surface area contributed by atoms with Gasteiger partial charge in [0.2, 0.25) is 0 Å². The maximum absolute atomic E-state index is 5.62. The van der Waals surface area contributed by atoms with Crippen LogP contribution in [0.25, 0.3) is 10.9 Å². The lowest BCUT2D eigenvalue weighted by Gasteiger charge is -2.38. The lowest BCUT2D eigenvalue weighted by Crippen LogP contribution is -2.55. The molecular weight excluding hydrogens is 340 g/mol. The summed E-state index contributed by atoms with van der Waals surface area (Å²) in [6, 6.07) is 9.49. The van der Waals surface area contributed by atoms with Gasteiger partial charge in [-0.2, -0.15) is 0 Å². The van der Waals surface area contributed by atoms with E-state index in [-0.39, 0.29) is 0 Å². The summed E-state index contributed by atoms with van der Waals surface area (Å²) in [4.78, 5) is 8.54. The molecule has 27 heavy (non-hydrogen) atoms. The van der Waals surface area contributed by atoms with Crippen LogP contribution in [-0.4, -0.2) is 93.1 Å². The van der Waals surface area contributed by atoms with E-state index in [9.17, 15) is 0 Å². The Morgan fingerprint density at radius 2 is 2.15 bits per heavy atom. The van der Waals surface area contributed by atoms with Crippen LogP contribution in [-0.2, 0) is 15.9 Å². The van der Waals surface area contributed by atoms with E-state index < -0.39 is 0 Å². The number of H-pyrrole nitrogens is 1. The molecule has 2 atom stereocenters. The SMILES string of the molecule is COC[C@@H]1COCCN1CCN1CCNC(Cc2c[nH]c3ccccc23)C1. The Hall–Kier alpha value is -1.44. The number of hydrogen-bond acceptors (Lipinski definition) is 5. The van der Waals surface area contributed by atoms with Gasteiger partial charge in [0, 0.05) is 69.5 Å². The molecule has 0 bridgehead atoms. The number of fused-ring (bicyclic) bond motifs is 1. The van der Waals surface area contributed by atoms with Crippen LogP contribution in [0.2, 0.25) is 0 Å². The summed E-state index contributed by atoms with van der Waals surface area (Å²) in [5.41, 5.74) is 2.65. The number of benzene rings is 1. The monoisotopic (exact) mass is 372 g/mol. The summed E-state index contributed by atoms with van der Waals surface area (Å²) in [5, 5.41) is 5.06. The number of nitrogens with one attached hydrogen (secondary N) is 2. The summed E-state index contributed by atoms with van der Waals surface area (Å²) >= 11 is 0. The average Bonchev–Trinajstić information content (AvgIpc) is 3.11. The predicted molar refractivity (Wildman–Crippen MR) is 108 cm³/mol. The van der Waals surface area contributed by atoms with Crippen LogP contribution in [0.5, 0.6) is 0 Å². The number of rotatable bonds is 7. The molecule has 2 saturated heterocycles. The van der Waals surface area contributed by atoms with Crippen molar-refractivity contribution in [2.75, 3.05) is 66.2 Å². The largest absolute Gasteiger partial charge is 0.383 e. The Balaban J connectivity index is 1.30. The number of ether oxygens (including phenoxy) is 2. The molecule has 0 amide bonds. The van der Waals surface area contributed by atoms with Gasteiger partial charge in [0.05, 0.1) is 25.9 Å². The average molecular weight is 373 g/mol. The molecule has 2 aliphatic rings. The van der Waals surface area contributed by atoms with E-state index >= 15 is 0 Å². The summed E-state index contributed by atoms with van der Waals surface area (Å²) in [7, 11) is 1.78. The van der Waals surface area contributed by atoms with Crippen LogP contribution in [0.4, 0.5) is 0 Å². The normalized spacial score (nSPS) is 25.2. The molecule has 6 heteroatoms. The summed E-state index contributed by atoms with van der Waals surface area (Å²) in [6.45, 7) is 8.91. The van der Waals surface area contributed by atoms with Crippen LogP contribution >= 0.6 is 0 Å². The molecule has 0 spiro atoms. The van der Waals surface area contributed by atoms with E-state index in [0.717, 1.165) is 65.5 Å². The Bertz CT molecular complexity index is 717. The maximum atomic E-state index is 5.62. The molecule has 1 aromatic heterocycles. The summed E-state index contributed by atoms with van der Waals surface area (Å²) < 4.78 is 11.0. The molecule has 0 aliphatic carbocycles. The van der Waals surface area contributed by atoms with Gasteiger partial charge in [-0.1, -0.05) is 18.2 Å². The van der Waals surface area contributed by atoms with Crippen LogP contribution < -0.4 is 5.32 Å². The second-order valence-corrected chi connectivity index (χ2v) is 7.74. The fraction of sp³-hybridized carbons (Fsp3) is 0.619. The molecule has 2 fully saturated rings. The number of aromatic amines is 1. The van der Waals surface area contributed by atoms with Gasteiger partial charge < -0.3 is 19.8 Å². The molecule has 2 aromatic rings. The first-order valence-electron chi connectivity index (χ1n) is 10.1. The molecule has 3 heterocycles. The molecular formula is C21H32N4O2. The van der Waals surface area contributed by atoms with E-state index in [2.05, 4.69) is 50.6 Å². The molecule has 2 N–H and O–H groups in total. The quantitative estimate of drug-likeness (QED) is 0.768. The summed E-state index contributed by atoms with van der Waals surface area (Å²) in [6.07, 6.45) is 3.25. The lowest BCUT2D eigenvalue weighted by atomic mass is 10.0. The minimum atomic E-state index is 0.397. The molecule has 0 radical (unpaired) electrons. The van der Waals surface area contributed by atoms with E-state index in [4.69, 9.17) is 9.47 Å². The van der Waals surface area contributed by atoms with Gasteiger partial charge in [0.15, 0.2) is 0 Å². The Kier molecular flexibility index (Phi) is 6.42. The van der Waals surface area contributed by atoms with Gasteiger partial charge in [0.1, 0.15) is 0 Å². The van der Waals surface area contributed by atoms with Gasteiger partial charge in [-0.05, 0) is 18.1 Å². The first-order valence-corrected chi connectivity index (χ1v) is 10.1. The highest BCUT2D eigenvalue weighted by atomic mass is 16.5. The molecule has 148 valence electrons. The lowest BCUT2D eigenvalue weighted by molar-refractivity contribution is -0.0382. The summed E-state index contributed by atoms with van der Waals surface area (Å²) in [5.74, 6) is 0. The number of para-hydroxylation sites is 1. The minimum Gasteiger partial charge on any atom is -0.383 e. The van der Waals surface area contributed by atoms with Gasteiger partial charge in [-0.25, -0.2) is 0 Å². The van der Waals surface area contributed by atoms with Crippen LogP contribution in [0.3, 0.4) is 0 Å². The fourth-order valence-corrected chi connectivity index (χ4v) is 4.40. The fourth-order valence-electron chi connectivity index (χ4n) is 4.40. The first-order chi connectivity index (χ1) is 13.3. The van der Waals surface area contributed by atoms with Gasteiger partial charge in [-0.15, -0.1) is 0 Å². The topological polar surface area (TPSA) is 52.8 Å². The smallest absolute Gasteiger partial charge is 0.0644 e. The van der Waals surface area contributed by atoms with Gasteiger partial charge in [0.25, 0.3) is 0 Å². The van der Waals surface area contributed by atoms with Crippen molar-refractivity contribution in [2.24, 2.45) is 0 Å². The molecule has 2 aliphatic heterocycles. The highest BCUT2D eigenvalue weighted by Gasteiger charge is 2.25. The Morgan fingerprint density at radius 3 is 3.07 bits per heavy atom. The number of morpholine rings is 1. The van der Waals surface area contributed by atoms with Crippen LogP contribution in [0.15, 0.2) is 30.5 Å². The van der Waals surface area contributed by atoms with Gasteiger partial charge in [-0.3, -0.25) is 9.80 Å². The Morgan fingerprint density at radius 1 is 1.22 bits per heavy atom. The number of nitrogens with zero attached hydrogens (tertiary/aromatic N) is 2.